The molecule has 374 valence electrons. The van der Waals surface area contributed by atoms with Crippen LogP contribution in [0.4, 0.5) is 11.4 Å². The minimum Gasteiger partial charge on any atom is -0.465 e. The number of rotatable bonds is 19. The van der Waals surface area contributed by atoms with Crippen LogP contribution >= 0.6 is 0 Å². The molecule has 26 heteroatoms. The van der Waals surface area contributed by atoms with Gasteiger partial charge in [-0.25, -0.2) is 0 Å². The van der Waals surface area contributed by atoms with Crippen LogP contribution in [0.15, 0.2) is 93.4 Å². The van der Waals surface area contributed by atoms with E-state index in [1.165, 1.54) is 43.3 Å². The zero-order chi connectivity index (χ0) is 51.1. The van der Waals surface area contributed by atoms with Gasteiger partial charge in [0.1, 0.15) is 6.54 Å². The number of amides is 1. The molecule has 0 fully saturated rings. The summed E-state index contributed by atoms with van der Waals surface area (Å²) in [6.45, 7) is 7.67. The van der Waals surface area contributed by atoms with E-state index >= 15 is 0 Å². The van der Waals surface area contributed by atoms with Crippen molar-refractivity contribution in [2.24, 2.45) is 5.41 Å². The lowest BCUT2D eigenvalue weighted by atomic mass is 9.70. The van der Waals surface area contributed by atoms with Gasteiger partial charge in [-0.15, -0.1) is 0 Å². The molecule has 2 aromatic carbocycles. The summed E-state index contributed by atoms with van der Waals surface area (Å²) in [6.07, 6.45) is 7.14. The van der Waals surface area contributed by atoms with Crippen molar-refractivity contribution in [1.82, 2.24) is 5.32 Å². The van der Waals surface area contributed by atoms with Gasteiger partial charge in [-0.2, -0.15) is 46.7 Å². The number of hydrogen-bond donors (Lipinski definition) is 6. The Kier molecular flexibility index (Phi) is 15.7. The molecule has 5 rings (SSSR count). The quantitative estimate of drug-likeness (QED) is 0.0507. The summed E-state index contributed by atoms with van der Waals surface area (Å²) in [6, 6.07) is 7.76. The second-order valence-corrected chi connectivity index (χ2v) is 25.1. The molecule has 1 unspecified atom stereocenters. The molecule has 21 nitrogen and oxygen atoms in total. The zero-order valence-electron chi connectivity index (χ0n) is 37.6. The van der Waals surface area contributed by atoms with Crippen LogP contribution < -0.4 is 10.2 Å². The lowest BCUT2D eigenvalue weighted by Crippen LogP contribution is -2.49. The third-order valence-electron chi connectivity index (χ3n) is 11.9. The van der Waals surface area contributed by atoms with Crippen molar-refractivity contribution in [3.63, 3.8) is 0 Å². The number of ether oxygens (including phenoxy) is 1. The Morgan fingerprint density at radius 3 is 1.88 bits per heavy atom. The smallest absolute Gasteiger partial charge is 0.322 e. The van der Waals surface area contributed by atoms with E-state index < -0.39 is 112 Å². The molecule has 2 heterocycles. The Morgan fingerprint density at radius 2 is 1.31 bits per heavy atom. The molecule has 0 saturated heterocycles. The number of esters is 1. The predicted molar refractivity (Wildman–Crippen MR) is 249 cm³/mol. The lowest BCUT2D eigenvalue weighted by Gasteiger charge is -2.34. The van der Waals surface area contributed by atoms with Gasteiger partial charge < -0.3 is 15.0 Å². The number of nitrogens with one attached hydrogen (secondary N) is 1. The van der Waals surface area contributed by atoms with Crippen LogP contribution in [0, 0.1) is 5.41 Å². The molecule has 1 aliphatic carbocycles. The second kappa shape index (κ2) is 19.6. The van der Waals surface area contributed by atoms with E-state index in [9.17, 15) is 74.4 Å². The number of hydrogen-bond acceptors (Lipinski definition) is 14. The molecule has 0 radical (unpaired) electrons. The van der Waals surface area contributed by atoms with Gasteiger partial charge in [-0.05, 0) is 93.2 Å². The second-order valence-electron chi connectivity index (χ2n) is 17.6. The van der Waals surface area contributed by atoms with Crippen molar-refractivity contribution in [3.8, 4) is 0 Å². The van der Waals surface area contributed by atoms with Gasteiger partial charge in [0, 0.05) is 54.0 Å². The maximum atomic E-state index is 14.3. The molecule has 2 aliphatic heterocycles. The molecule has 0 saturated carbocycles. The minimum atomic E-state index is -4.67. The molecule has 0 spiro atoms. The van der Waals surface area contributed by atoms with Crippen LogP contribution in [0.2, 0.25) is 0 Å². The lowest BCUT2D eigenvalue weighted by molar-refractivity contribution is -0.437. The van der Waals surface area contributed by atoms with Crippen LogP contribution in [-0.4, -0.2) is 131 Å². The van der Waals surface area contributed by atoms with E-state index in [1.54, 1.807) is 67.6 Å². The normalized spacial score (nSPS) is 20.7. The topological polar surface area (TPSA) is 333 Å². The average molecular weight is 1050 g/mol. The van der Waals surface area contributed by atoms with E-state index in [4.69, 9.17) is 4.74 Å². The molecule has 0 bridgehead atoms. The van der Waals surface area contributed by atoms with Crippen molar-refractivity contribution in [2.75, 3.05) is 48.4 Å². The molecule has 1 atom stereocenters. The number of fused-ring (bicyclic) bond motifs is 2. The third-order valence-corrected chi connectivity index (χ3v) is 16.0. The van der Waals surface area contributed by atoms with Gasteiger partial charge in [-0.3, -0.25) is 32.4 Å². The maximum Gasteiger partial charge on any atom is 0.322 e. The fraction of sp³-hybridized carbons (Fsp3) is 0.452. The fourth-order valence-corrected chi connectivity index (χ4v) is 11.1. The van der Waals surface area contributed by atoms with Crippen molar-refractivity contribution in [2.45, 2.75) is 80.9 Å². The van der Waals surface area contributed by atoms with Gasteiger partial charge in [0.05, 0.1) is 39.1 Å². The monoisotopic (exact) mass is 1050 g/mol. The standard InChI is InChI=1S/C42H53N3O18S5/c1-6-63-39(47)42(38(46)43-17-22-66(54,55)56)26-28(9-15-36-40(2,3)32-24-30(67(57,58)59)11-13-34(32)44(36)18-7-20-64(48,49)50)23-29(27-42)10-16-37-41(4,5)33-25-31(68(60,61)62)12-14-35(33)45(37)19-8-21-65(51,52)53/h9-16,23-25H,6-8,17-22,26-27H2,1-5H3,(H5-,43,46,48,49,50,51,52,53,54,55,56,57,58,59,60,61,62)/p+1. The summed E-state index contributed by atoms with van der Waals surface area (Å²) >= 11 is 0. The van der Waals surface area contributed by atoms with Gasteiger partial charge >= 0.3 is 5.97 Å². The molecule has 1 amide bonds. The van der Waals surface area contributed by atoms with Crippen LogP contribution in [0.25, 0.3) is 0 Å². The van der Waals surface area contributed by atoms with Crippen molar-refractivity contribution in [3.05, 3.63) is 94.7 Å². The van der Waals surface area contributed by atoms with Crippen LogP contribution in [-0.2, 0) is 75.7 Å². The van der Waals surface area contributed by atoms with Crippen LogP contribution in [0.5, 0.6) is 0 Å². The van der Waals surface area contributed by atoms with E-state index in [0.29, 0.717) is 45.1 Å². The summed E-state index contributed by atoms with van der Waals surface area (Å²) in [5, 5.41) is 2.42. The average Bonchev–Trinajstić information content (AvgIpc) is 3.54. The number of allylic oxidation sites excluding steroid dienone is 8. The third kappa shape index (κ3) is 12.6. The van der Waals surface area contributed by atoms with Crippen LogP contribution in [0.1, 0.15) is 71.4 Å². The van der Waals surface area contributed by atoms with Gasteiger partial charge in [-0.1, -0.05) is 32.1 Å². The first-order valence-corrected chi connectivity index (χ1v) is 28.6. The summed E-state index contributed by atoms with van der Waals surface area (Å²) < 4.78 is 174. The number of benzene rings is 2. The van der Waals surface area contributed by atoms with Gasteiger partial charge in [0.2, 0.25) is 11.6 Å². The van der Waals surface area contributed by atoms with E-state index in [-0.39, 0.29) is 45.4 Å². The predicted octanol–water partition coefficient (Wildman–Crippen LogP) is 3.55. The van der Waals surface area contributed by atoms with E-state index in [1.807, 2.05) is 0 Å². The molecular weight excluding hydrogens is 995 g/mol. The summed E-state index contributed by atoms with van der Waals surface area (Å²) in [7, 11) is -22.7. The Labute approximate surface area is 396 Å². The minimum absolute atomic E-state index is 0.00748. The van der Waals surface area contributed by atoms with E-state index in [2.05, 4.69) is 5.32 Å². The molecular formula is C42H54N3O18S5+. The highest BCUT2D eigenvalue weighted by molar-refractivity contribution is 7.86. The highest BCUT2D eigenvalue weighted by atomic mass is 32.2. The summed E-state index contributed by atoms with van der Waals surface area (Å²) in [5.74, 6) is -4.08. The first-order valence-electron chi connectivity index (χ1n) is 20.9. The molecule has 68 heavy (non-hydrogen) atoms. The number of anilines is 1. The zero-order valence-corrected chi connectivity index (χ0v) is 41.7. The highest BCUT2D eigenvalue weighted by Crippen LogP contribution is 2.49. The van der Waals surface area contributed by atoms with Gasteiger partial charge in [0.15, 0.2) is 11.1 Å². The number of carbonyl (C=O) groups excluding carboxylic acids is 2. The Morgan fingerprint density at radius 1 is 0.735 bits per heavy atom. The number of carbonyl (C=O) groups is 2. The van der Waals surface area contributed by atoms with Crippen molar-refractivity contribution < 1.29 is 83.8 Å². The summed E-state index contributed by atoms with van der Waals surface area (Å²) in [5.41, 5.74) is -0.888. The molecule has 6 N–H and O–H groups in total. The maximum absolute atomic E-state index is 14.3. The fourth-order valence-electron chi connectivity index (χ4n) is 8.74. The highest BCUT2D eigenvalue weighted by Gasteiger charge is 2.50. The first-order chi connectivity index (χ1) is 31.1. The molecule has 2 aromatic rings. The van der Waals surface area contributed by atoms with Crippen molar-refractivity contribution >= 4 is 79.6 Å². The SMILES string of the molecule is CCOC(=O)C1(C(=O)NCCS(=O)(=O)O)CC(=C/C=C2/N(CCCS(=O)(=O)O)c3ccc(S(=O)(=O)O)cc3C2(C)C)C=C(/C=C/C2=[N+](CCCS(=O)(=O)O)c3ccc(S(=O)(=O)O)cc3C2(C)C)C1. The largest absolute Gasteiger partial charge is 0.465 e. The number of nitrogens with zero attached hydrogens (tertiary/aromatic N) is 2. The van der Waals surface area contributed by atoms with Crippen molar-refractivity contribution in [1.29, 1.82) is 0 Å². The van der Waals surface area contributed by atoms with E-state index in [0.717, 1.165) is 0 Å². The molecule has 3 aliphatic rings. The summed E-state index contributed by atoms with van der Waals surface area (Å²) in [4.78, 5) is 29.3. The Hall–Kier alpha value is -4.64. The molecule has 0 aromatic heterocycles. The van der Waals surface area contributed by atoms with Gasteiger partial charge in [0.25, 0.3) is 50.6 Å². The Bertz CT molecular complexity index is 3130. The first kappa shape index (κ1) is 54.3. The Balaban J connectivity index is 1.72. The van der Waals surface area contributed by atoms with Crippen LogP contribution in [0.3, 0.4) is 0 Å².